The Kier molecular flexibility index (Phi) is 6.40. The molecule has 0 fully saturated rings. The summed E-state index contributed by atoms with van der Waals surface area (Å²) in [6.45, 7) is 4.87. The molecule has 1 N–H and O–H groups in total. The number of hydrogen-bond acceptors (Lipinski definition) is 5. The summed E-state index contributed by atoms with van der Waals surface area (Å²) in [5.41, 5.74) is 7.00. The average Bonchev–Trinajstić information content (AvgIpc) is 3.45. The summed E-state index contributed by atoms with van der Waals surface area (Å²) < 4.78 is 1.17. The number of fused-ring (bicyclic) bond motifs is 2. The number of amides is 1. The zero-order chi connectivity index (χ0) is 24.5. The van der Waals surface area contributed by atoms with E-state index in [0.717, 1.165) is 52.7 Å². The van der Waals surface area contributed by atoms with E-state index in [1.54, 1.807) is 22.7 Å². The molecule has 2 aromatic heterocycles. The minimum Gasteiger partial charge on any atom is -0.317 e. The number of anilines is 1. The Bertz CT molecular complexity index is 1500. The van der Waals surface area contributed by atoms with Crippen molar-refractivity contribution in [1.82, 2.24) is 9.88 Å². The van der Waals surface area contributed by atoms with Crippen molar-refractivity contribution in [2.45, 2.75) is 32.9 Å². The summed E-state index contributed by atoms with van der Waals surface area (Å²) in [5, 5.41) is 5.20. The fraction of sp³-hybridized carbons (Fsp3) is 0.200. The number of para-hydroxylation sites is 1. The molecular formula is C30H27N3OS2. The second kappa shape index (κ2) is 9.97. The minimum atomic E-state index is 0.0164. The largest absolute Gasteiger partial charge is 0.317 e. The molecule has 3 heterocycles. The molecule has 4 nitrogen and oxygen atoms in total. The van der Waals surface area contributed by atoms with Gasteiger partial charge in [-0.1, -0.05) is 72.3 Å². The number of nitrogens with one attached hydrogen (secondary N) is 1. The van der Waals surface area contributed by atoms with Gasteiger partial charge in [0, 0.05) is 30.1 Å². The van der Waals surface area contributed by atoms with Gasteiger partial charge in [-0.05, 0) is 42.2 Å². The quantitative estimate of drug-likeness (QED) is 0.266. The molecule has 1 amide bonds. The maximum atomic E-state index is 13.1. The van der Waals surface area contributed by atoms with E-state index >= 15 is 0 Å². The van der Waals surface area contributed by atoms with E-state index in [4.69, 9.17) is 4.98 Å². The third kappa shape index (κ3) is 4.85. The molecule has 5 aromatic rings. The Hall–Kier alpha value is -3.32. The normalized spacial score (nSPS) is 13.6. The number of thiazole rings is 1. The molecule has 3 aromatic carbocycles. The van der Waals surface area contributed by atoms with Gasteiger partial charge in [-0.3, -0.25) is 9.69 Å². The van der Waals surface area contributed by atoms with Gasteiger partial charge < -0.3 is 5.32 Å². The molecule has 0 radical (unpaired) electrons. The van der Waals surface area contributed by atoms with Crippen molar-refractivity contribution in [2.24, 2.45) is 0 Å². The molecular weight excluding hydrogens is 482 g/mol. The lowest BCUT2D eigenvalue weighted by atomic mass is 10.0. The standard InChI is InChI=1S/C30H27N3OS2/c1-20-8-7-11-22(16-20)17-27(34)32-30-28(29-31-24-12-5-6-13-25(24)35-29)23-14-15-33(19-26(23)36-30)18-21-9-3-2-4-10-21/h2-13,16H,14-15,17-19H2,1H3,(H,32,34). The highest BCUT2D eigenvalue weighted by Gasteiger charge is 2.28. The van der Waals surface area contributed by atoms with Gasteiger partial charge >= 0.3 is 0 Å². The van der Waals surface area contributed by atoms with Crippen LogP contribution in [0.4, 0.5) is 5.00 Å². The van der Waals surface area contributed by atoms with Crippen molar-refractivity contribution in [2.75, 3.05) is 11.9 Å². The van der Waals surface area contributed by atoms with Gasteiger partial charge in [0.15, 0.2) is 0 Å². The van der Waals surface area contributed by atoms with E-state index in [9.17, 15) is 4.79 Å². The zero-order valence-corrected chi connectivity index (χ0v) is 21.8. The first-order valence-corrected chi connectivity index (χ1v) is 13.9. The molecule has 0 spiro atoms. The van der Waals surface area contributed by atoms with Crippen LogP contribution >= 0.6 is 22.7 Å². The lowest BCUT2D eigenvalue weighted by molar-refractivity contribution is -0.115. The Morgan fingerprint density at radius 3 is 2.61 bits per heavy atom. The Labute approximate surface area is 219 Å². The van der Waals surface area contributed by atoms with Crippen LogP contribution in [-0.4, -0.2) is 22.3 Å². The fourth-order valence-corrected chi connectivity index (χ4v) is 7.32. The van der Waals surface area contributed by atoms with E-state index in [1.165, 1.54) is 26.3 Å². The van der Waals surface area contributed by atoms with Crippen molar-refractivity contribution >= 4 is 43.8 Å². The van der Waals surface area contributed by atoms with Crippen LogP contribution in [-0.2, 0) is 30.7 Å². The molecule has 36 heavy (non-hydrogen) atoms. The van der Waals surface area contributed by atoms with Crippen molar-refractivity contribution in [3.05, 3.63) is 106 Å². The highest BCUT2D eigenvalue weighted by atomic mass is 32.1. The topological polar surface area (TPSA) is 45.2 Å². The number of aryl methyl sites for hydroxylation is 1. The Morgan fingerprint density at radius 1 is 0.972 bits per heavy atom. The molecule has 0 aliphatic carbocycles. The predicted octanol–water partition coefficient (Wildman–Crippen LogP) is 7.07. The molecule has 0 unspecified atom stereocenters. The number of nitrogens with zero attached hydrogens (tertiary/aromatic N) is 2. The zero-order valence-electron chi connectivity index (χ0n) is 20.2. The van der Waals surface area contributed by atoms with Gasteiger partial charge in [0.25, 0.3) is 0 Å². The van der Waals surface area contributed by atoms with E-state index in [2.05, 4.69) is 77.8 Å². The third-order valence-electron chi connectivity index (χ3n) is 6.59. The highest BCUT2D eigenvalue weighted by Crippen LogP contribution is 2.45. The molecule has 0 atom stereocenters. The van der Waals surface area contributed by atoms with Gasteiger partial charge in [-0.25, -0.2) is 4.98 Å². The van der Waals surface area contributed by atoms with Crippen LogP contribution in [0.15, 0.2) is 78.9 Å². The Morgan fingerprint density at radius 2 is 1.78 bits per heavy atom. The second-order valence-corrected chi connectivity index (χ2v) is 11.5. The molecule has 0 saturated heterocycles. The van der Waals surface area contributed by atoms with E-state index < -0.39 is 0 Å². The van der Waals surface area contributed by atoms with Crippen LogP contribution in [0.3, 0.4) is 0 Å². The van der Waals surface area contributed by atoms with Crippen LogP contribution in [0.5, 0.6) is 0 Å². The number of carbonyl (C=O) groups excluding carboxylic acids is 1. The van der Waals surface area contributed by atoms with Gasteiger partial charge in [0.05, 0.1) is 16.6 Å². The number of carbonyl (C=O) groups is 1. The molecule has 0 bridgehead atoms. The second-order valence-electron chi connectivity index (χ2n) is 9.35. The SMILES string of the molecule is Cc1cccc(CC(=O)Nc2sc3c(c2-c2nc4ccccc4s2)CCN(Cc2ccccc2)C3)c1. The van der Waals surface area contributed by atoms with Gasteiger partial charge in [-0.2, -0.15) is 0 Å². The first kappa shape index (κ1) is 23.1. The van der Waals surface area contributed by atoms with E-state index in [0.29, 0.717) is 6.42 Å². The molecule has 1 aliphatic rings. The van der Waals surface area contributed by atoms with Gasteiger partial charge in [0.1, 0.15) is 10.0 Å². The summed E-state index contributed by atoms with van der Waals surface area (Å²) in [6, 6.07) is 27.1. The van der Waals surface area contributed by atoms with Crippen LogP contribution < -0.4 is 5.32 Å². The summed E-state index contributed by atoms with van der Waals surface area (Å²) >= 11 is 3.43. The first-order valence-electron chi connectivity index (χ1n) is 12.2. The third-order valence-corrected chi connectivity index (χ3v) is 8.78. The summed E-state index contributed by atoms with van der Waals surface area (Å²) in [5.74, 6) is 0.0164. The molecule has 0 saturated carbocycles. The Balaban J connectivity index is 1.32. The molecule has 6 rings (SSSR count). The van der Waals surface area contributed by atoms with Crippen LogP contribution in [0.1, 0.15) is 27.1 Å². The van der Waals surface area contributed by atoms with Crippen molar-refractivity contribution in [1.29, 1.82) is 0 Å². The first-order chi connectivity index (χ1) is 17.6. The molecule has 6 heteroatoms. The minimum absolute atomic E-state index is 0.0164. The van der Waals surface area contributed by atoms with Crippen LogP contribution in [0, 0.1) is 6.92 Å². The average molecular weight is 510 g/mol. The predicted molar refractivity (Wildman–Crippen MR) is 151 cm³/mol. The van der Waals surface area contributed by atoms with E-state index in [1.807, 2.05) is 18.2 Å². The summed E-state index contributed by atoms with van der Waals surface area (Å²) in [4.78, 5) is 21.9. The summed E-state index contributed by atoms with van der Waals surface area (Å²) in [7, 11) is 0. The van der Waals surface area contributed by atoms with Crippen LogP contribution in [0.2, 0.25) is 0 Å². The number of benzene rings is 3. The monoisotopic (exact) mass is 509 g/mol. The van der Waals surface area contributed by atoms with Crippen molar-refractivity contribution < 1.29 is 4.79 Å². The fourth-order valence-electron chi connectivity index (χ4n) is 4.90. The number of aromatic nitrogens is 1. The summed E-state index contributed by atoms with van der Waals surface area (Å²) in [6.07, 6.45) is 1.32. The van der Waals surface area contributed by atoms with Gasteiger partial charge in [0.2, 0.25) is 5.91 Å². The lowest BCUT2D eigenvalue weighted by Crippen LogP contribution is -2.29. The highest BCUT2D eigenvalue weighted by molar-refractivity contribution is 7.22. The maximum absolute atomic E-state index is 13.1. The smallest absolute Gasteiger partial charge is 0.229 e. The van der Waals surface area contributed by atoms with Crippen molar-refractivity contribution in [3.63, 3.8) is 0 Å². The number of hydrogen-bond donors (Lipinski definition) is 1. The number of thiophene rings is 1. The molecule has 1 aliphatic heterocycles. The van der Waals surface area contributed by atoms with E-state index in [-0.39, 0.29) is 5.91 Å². The number of rotatable bonds is 6. The van der Waals surface area contributed by atoms with Crippen molar-refractivity contribution in [3.8, 4) is 10.6 Å². The van der Waals surface area contributed by atoms with Crippen LogP contribution in [0.25, 0.3) is 20.8 Å². The lowest BCUT2D eigenvalue weighted by Gasteiger charge is -2.27. The van der Waals surface area contributed by atoms with Gasteiger partial charge in [-0.15, -0.1) is 22.7 Å². The molecule has 180 valence electrons. The maximum Gasteiger partial charge on any atom is 0.229 e.